The molecule has 29 heavy (non-hydrogen) atoms. The lowest BCUT2D eigenvalue weighted by Gasteiger charge is -2.33. The lowest BCUT2D eigenvalue weighted by atomic mass is 9.98. The molecule has 0 spiro atoms. The summed E-state index contributed by atoms with van der Waals surface area (Å²) in [6, 6.07) is 3.16. The third-order valence-electron chi connectivity index (χ3n) is 4.54. The van der Waals surface area contributed by atoms with Gasteiger partial charge in [0.25, 0.3) is 11.6 Å². The van der Waals surface area contributed by atoms with Crippen molar-refractivity contribution in [2.45, 2.75) is 39.7 Å². The van der Waals surface area contributed by atoms with Crippen LogP contribution in [0, 0.1) is 16.0 Å². The molecule has 158 valence electrons. The van der Waals surface area contributed by atoms with Crippen molar-refractivity contribution in [3.05, 3.63) is 33.9 Å². The van der Waals surface area contributed by atoms with Gasteiger partial charge in [0.2, 0.25) is 0 Å². The third-order valence-corrected chi connectivity index (χ3v) is 4.54. The highest BCUT2D eigenvalue weighted by Gasteiger charge is 2.25. The molecule has 0 bridgehead atoms. The van der Waals surface area contributed by atoms with Gasteiger partial charge in [-0.05, 0) is 38.7 Å². The first kappa shape index (κ1) is 22.1. The normalized spacial score (nSPS) is 14.4. The molecule has 1 aliphatic heterocycles. The van der Waals surface area contributed by atoms with Crippen molar-refractivity contribution in [3.8, 4) is 0 Å². The number of carbonyl (C=O) groups excluding carboxylic acids is 3. The van der Waals surface area contributed by atoms with E-state index in [1.807, 2.05) is 10.2 Å². The molecule has 1 heterocycles. The fraction of sp³-hybridized carbons (Fsp3) is 0.526. The van der Waals surface area contributed by atoms with E-state index in [0.717, 1.165) is 32.0 Å². The number of carbonyl (C=O) groups is 3. The number of hydrogen-bond acceptors (Lipinski definition) is 7. The second kappa shape index (κ2) is 9.85. The van der Waals surface area contributed by atoms with Crippen molar-refractivity contribution >= 4 is 29.3 Å². The Bertz CT molecular complexity index is 787. The summed E-state index contributed by atoms with van der Waals surface area (Å²) in [6.07, 6.45) is 1.89. The number of piperidine rings is 1. The van der Waals surface area contributed by atoms with E-state index in [9.17, 15) is 24.5 Å². The maximum Gasteiger partial charge on any atom is 0.341 e. The van der Waals surface area contributed by atoms with E-state index >= 15 is 0 Å². The summed E-state index contributed by atoms with van der Waals surface area (Å²) >= 11 is 0. The summed E-state index contributed by atoms with van der Waals surface area (Å²) in [4.78, 5) is 48.4. The van der Waals surface area contributed by atoms with Gasteiger partial charge < -0.3 is 15.0 Å². The Labute approximate surface area is 168 Å². The Morgan fingerprint density at radius 1 is 1.28 bits per heavy atom. The minimum absolute atomic E-state index is 0.0215. The minimum atomic E-state index is -0.860. The molecule has 0 aromatic heterocycles. The number of non-ortho nitro benzene ring substituents is 1. The molecule has 3 amide bonds. The van der Waals surface area contributed by atoms with Crippen molar-refractivity contribution < 1.29 is 24.0 Å². The van der Waals surface area contributed by atoms with Crippen molar-refractivity contribution in [1.82, 2.24) is 10.6 Å². The van der Waals surface area contributed by atoms with Crippen LogP contribution in [0.1, 0.15) is 44.0 Å². The van der Waals surface area contributed by atoms with Gasteiger partial charge in [0.1, 0.15) is 0 Å². The van der Waals surface area contributed by atoms with E-state index in [1.54, 1.807) is 13.8 Å². The maximum atomic E-state index is 12.6. The quantitative estimate of drug-likeness (QED) is 0.421. The second-order valence-electron chi connectivity index (χ2n) is 7.38. The summed E-state index contributed by atoms with van der Waals surface area (Å²) in [6.45, 7) is 6.37. The lowest BCUT2D eigenvalue weighted by molar-refractivity contribution is -0.384. The zero-order chi connectivity index (χ0) is 21.6. The van der Waals surface area contributed by atoms with E-state index in [-0.39, 0.29) is 17.3 Å². The zero-order valence-corrected chi connectivity index (χ0v) is 16.8. The Balaban J connectivity index is 2.10. The molecule has 1 saturated heterocycles. The average Bonchev–Trinajstić information content (AvgIpc) is 2.65. The summed E-state index contributed by atoms with van der Waals surface area (Å²) in [7, 11) is 0. The number of hydrogen-bond donors (Lipinski definition) is 2. The Kier molecular flexibility index (Phi) is 7.52. The van der Waals surface area contributed by atoms with Crippen LogP contribution in [-0.2, 0) is 9.53 Å². The maximum absolute atomic E-state index is 12.6. The van der Waals surface area contributed by atoms with Gasteiger partial charge >= 0.3 is 12.0 Å². The number of amides is 3. The summed E-state index contributed by atoms with van der Waals surface area (Å²) in [5, 5.41) is 15.6. The molecule has 10 nitrogen and oxygen atoms in total. The molecule has 0 atom stereocenters. The molecule has 2 N–H and O–H groups in total. The number of esters is 1. The van der Waals surface area contributed by atoms with E-state index < -0.39 is 29.4 Å². The molecule has 10 heteroatoms. The van der Waals surface area contributed by atoms with Crippen molar-refractivity contribution in [2.24, 2.45) is 5.92 Å². The number of nitrogens with one attached hydrogen (secondary N) is 2. The Morgan fingerprint density at radius 2 is 1.93 bits per heavy atom. The predicted molar refractivity (Wildman–Crippen MR) is 106 cm³/mol. The number of nitro benzene ring substituents is 1. The van der Waals surface area contributed by atoms with Crippen LogP contribution in [0.4, 0.5) is 16.2 Å². The average molecular weight is 406 g/mol. The zero-order valence-electron chi connectivity index (χ0n) is 16.8. The van der Waals surface area contributed by atoms with Crippen LogP contribution < -0.4 is 15.5 Å². The summed E-state index contributed by atoms with van der Waals surface area (Å²) < 4.78 is 5.00. The van der Waals surface area contributed by atoms with Gasteiger partial charge in [0, 0.05) is 31.3 Å². The smallest absolute Gasteiger partial charge is 0.341 e. The molecule has 0 unspecified atom stereocenters. The van der Waals surface area contributed by atoms with E-state index in [2.05, 4.69) is 12.2 Å². The summed E-state index contributed by atoms with van der Waals surface area (Å²) in [5.41, 5.74) is 0.311. The second-order valence-corrected chi connectivity index (χ2v) is 7.38. The fourth-order valence-corrected chi connectivity index (χ4v) is 3.00. The van der Waals surface area contributed by atoms with Crippen molar-refractivity contribution in [3.63, 3.8) is 0 Å². The number of nitrogens with zero attached hydrogens (tertiary/aromatic N) is 2. The van der Waals surface area contributed by atoms with E-state index in [4.69, 9.17) is 4.74 Å². The monoisotopic (exact) mass is 406 g/mol. The largest absolute Gasteiger partial charge is 0.452 e. The van der Waals surface area contributed by atoms with E-state index in [0.29, 0.717) is 11.6 Å². The first-order valence-electron chi connectivity index (χ1n) is 9.48. The molecule has 1 aliphatic rings. The van der Waals surface area contributed by atoms with Crippen LogP contribution in [0.3, 0.4) is 0 Å². The van der Waals surface area contributed by atoms with Crippen molar-refractivity contribution in [1.29, 1.82) is 0 Å². The third kappa shape index (κ3) is 6.44. The van der Waals surface area contributed by atoms with Gasteiger partial charge in [0.15, 0.2) is 6.61 Å². The molecule has 1 aromatic carbocycles. The van der Waals surface area contributed by atoms with Gasteiger partial charge in [-0.3, -0.25) is 20.2 Å². The number of imide groups is 1. The SMILES string of the molecule is CC1CCN(c2ccc([N+](=O)[O-])cc2C(=O)OCC(=O)NC(=O)NC(C)C)CC1. The number of nitro groups is 1. The van der Waals surface area contributed by atoms with Crippen LogP contribution in [0.2, 0.25) is 0 Å². The highest BCUT2D eigenvalue weighted by Crippen LogP contribution is 2.29. The first-order valence-corrected chi connectivity index (χ1v) is 9.48. The lowest BCUT2D eigenvalue weighted by Crippen LogP contribution is -2.44. The number of benzene rings is 1. The molecular formula is C19H26N4O6. The number of anilines is 1. The molecule has 0 aliphatic carbocycles. The van der Waals surface area contributed by atoms with E-state index in [1.165, 1.54) is 12.1 Å². The van der Waals surface area contributed by atoms with Crippen LogP contribution >= 0.6 is 0 Å². The van der Waals surface area contributed by atoms with Crippen molar-refractivity contribution in [2.75, 3.05) is 24.6 Å². The van der Waals surface area contributed by atoms with Gasteiger partial charge in [-0.2, -0.15) is 0 Å². The topological polar surface area (TPSA) is 131 Å². The molecule has 1 aromatic rings. The highest BCUT2D eigenvalue weighted by molar-refractivity contribution is 5.99. The predicted octanol–water partition coefficient (Wildman–Crippen LogP) is 2.22. The van der Waals surface area contributed by atoms with Crippen LogP contribution in [0.15, 0.2) is 18.2 Å². The molecule has 0 radical (unpaired) electrons. The van der Waals surface area contributed by atoms with Gasteiger partial charge in [0.05, 0.1) is 16.2 Å². The minimum Gasteiger partial charge on any atom is -0.452 e. The van der Waals surface area contributed by atoms with Gasteiger partial charge in [-0.1, -0.05) is 6.92 Å². The van der Waals surface area contributed by atoms with Crippen LogP contribution in [0.5, 0.6) is 0 Å². The Hall–Kier alpha value is -3.17. The molecule has 1 fully saturated rings. The number of urea groups is 1. The van der Waals surface area contributed by atoms with Crippen LogP contribution in [0.25, 0.3) is 0 Å². The van der Waals surface area contributed by atoms with Crippen LogP contribution in [-0.4, -0.2) is 48.6 Å². The standard InChI is InChI=1S/C19H26N4O6/c1-12(2)20-19(26)21-17(24)11-29-18(25)15-10-14(23(27)28)4-5-16(15)22-8-6-13(3)7-9-22/h4-5,10,12-13H,6-9,11H2,1-3H3,(H2,20,21,24,26). The highest BCUT2D eigenvalue weighted by atomic mass is 16.6. The molecular weight excluding hydrogens is 380 g/mol. The first-order chi connectivity index (χ1) is 13.7. The summed E-state index contributed by atoms with van der Waals surface area (Å²) in [5.74, 6) is -1.09. The van der Waals surface area contributed by atoms with Gasteiger partial charge in [-0.15, -0.1) is 0 Å². The number of ether oxygens (including phenoxy) is 1. The fourth-order valence-electron chi connectivity index (χ4n) is 3.00. The number of rotatable bonds is 6. The Morgan fingerprint density at radius 3 is 2.52 bits per heavy atom. The van der Waals surface area contributed by atoms with Gasteiger partial charge in [-0.25, -0.2) is 9.59 Å². The molecule has 2 rings (SSSR count). The molecule has 0 saturated carbocycles.